The molecule has 4 N–H and O–H groups in total. The zero-order valence-electron chi connectivity index (χ0n) is 7.91. The Balaban J connectivity index is 2.63. The first-order valence-corrected chi connectivity index (χ1v) is 5.58. The van der Waals surface area contributed by atoms with E-state index in [9.17, 15) is 15.3 Å². The molecule has 0 radical (unpaired) electrons. The molecule has 1 rings (SSSR count). The van der Waals surface area contributed by atoms with Crippen LogP contribution in [0.15, 0.2) is 0 Å². The molecular formula is C8H16O5S. The van der Waals surface area contributed by atoms with Gasteiger partial charge in [-0.3, -0.25) is 0 Å². The van der Waals surface area contributed by atoms with E-state index in [1.807, 2.05) is 6.92 Å². The van der Waals surface area contributed by atoms with Crippen LogP contribution in [-0.4, -0.2) is 62.6 Å². The lowest BCUT2D eigenvalue weighted by Crippen LogP contribution is -2.57. The molecule has 0 aromatic carbocycles. The molecule has 0 saturated carbocycles. The van der Waals surface area contributed by atoms with Crippen LogP contribution in [0.4, 0.5) is 0 Å². The predicted molar refractivity (Wildman–Crippen MR) is 51.9 cm³/mol. The van der Waals surface area contributed by atoms with Gasteiger partial charge in [0.1, 0.15) is 29.9 Å². The second-order valence-electron chi connectivity index (χ2n) is 3.15. The van der Waals surface area contributed by atoms with Crippen molar-refractivity contribution in [3.05, 3.63) is 0 Å². The number of ether oxygens (including phenoxy) is 1. The molecular weight excluding hydrogens is 208 g/mol. The Morgan fingerprint density at radius 2 is 1.79 bits per heavy atom. The summed E-state index contributed by atoms with van der Waals surface area (Å²) >= 11 is 1.33. The van der Waals surface area contributed by atoms with Gasteiger partial charge in [-0.15, -0.1) is 11.8 Å². The van der Waals surface area contributed by atoms with Crippen LogP contribution in [-0.2, 0) is 4.74 Å². The van der Waals surface area contributed by atoms with Crippen LogP contribution in [0, 0.1) is 0 Å². The molecule has 0 aromatic heterocycles. The molecule has 0 bridgehead atoms. The molecule has 14 heavy (non-hydrogen) atoms. The van der Waals surface area contributed by atoms with Crippen LogP contribution in [0.1, 0.15) is 6.92 Å². The van der Waals surface area contributed by atoms with Crippen molar-refractivity contribution in [1.29, 1.82) is 0 Å². The molecule has 0 amide bonds. The third-order valence-electron chi connectivity index (χ3n) is 2.18. The fourth-order valence-corrected chi connectivity index (χ4v) is 2.28. The Hall–Kier alpha value is 0.150. The maximum atomic E-state index is 9.51. The van der Waals surface area contributed by atoms with Gasteiger partial charge in [-0.1, -0.05) is 6.92 Å². The first kappa shape index (κ1) is 12.2. The molecule has 1 aliphatic heterocycles. The van der Waals surface area contributed by atoms with Crippen LogP contribution in [0.2, 0.25) is 0 Å². The molecule has 1 fully saturated rings. The zero-order valence-corrected chi connectivity index (χ0v) is 8.72. The van der Waals surface area contributed by atoms with Gasteiger partial charge in [0.25, 0.3) is 0 Å². The largest absolute Gasteiger partial charge is 0.394 e. The van der Waals surface area contributed by atoms with Gasteiger partial charge in [0.2, 0.25) is 0 Å². The van der Waals surface area contributed by atoms with Crippen molar-refractivity contribution >= 4 is 11.8 Å². The Morgan fingerprint density at radius 3 is 2.29 bits per heavy atom. The highest BCUT2D eigenvalue weighted by Gasteiger charge is 2.43. The summed E-state index contributed by atoms with van der Waals surface area (Å²) in [5.41, 5.74) is -0.587. The molecule has 0 aliphatic carbocycles. The summed E-state index contributed by atoms with van der Waals surface area (Å²) in [6.45, 7) is 1.53. The molecule has 1 aliphatic rings. The number of rotatable bonds is 3. The number of aliphatic hydroxyl groups excluding tert-OH is 4. The molecule has 5 atom stereocenters. The Bertz CT molecular complexity index is 175. The van der Waals surface area contributed by atoms with Crippen molar-refractivity contribution in [1.82, 2.24) is 0 Å². The van der Waals surface area contributed by atoms with Gasteiger partial charge in [-0.25, -0.2) is 0 Å². The molecule has 0 aromatic rings. The summed E-state index contributed by atoms with van der Waals surface area (Å²) in [6.07, 6.45) is -4.43. The van der Waals surface area contributed by atoms with E-state index in [2.05, 4.69) is 0 Å². The van der Waals surface area contributed by atoms with Gasteiger partial charge < -0.3 is 25.2 Å². The maximum Gasteiger partial charge on any atom is 0.132 e. The minimum Gasteiger partial charge on any atom is -0.394 e. The number of aliphatic hydroxyl groups is 4. The topological polar surface area (TPSA) is 90.2 Å². The van der Waals surface area contributed by atoms with Crippen LogP contribution >= 0.6 is 11.8 Å². The van der Waals surface area contributed by atoms with E-state index in [4.69, 9.17) is 9.84 Å². The smallest absolute Gasteiger partial charge is 0.132 e. The summed E-state index contributed by atoms with van der Waals surface area (Å²) in [4.78, 5) is 0. The highest BCUT2D eigenvalue weighted by atomic mass is 32.2. The predicted octanol–water partition coefficient (Wildman–Crippen LogP) is -1.46. The summed E-state index contributed by atoms with van der Waals surface area (Å²) in [5.74, 6) is 0.725. The molecule has 5 nitrogen and oxygen atoms in total. The summed E-state index contributed by atoms with van der Waals surface area (Å²) < 4.78 is 5.22. The molecule has 1 heterocycles. The highest BCUT2D eigenvalue weighted by molar-refractivity contribution is 7.99. The van der Waals surface area contributed by atoms with Gasteiger partial charge in [0, 0.05) is 0 Å². The van der Waals surface area contributed by atoms with Gasteiger partial charge in [-0.05, 0) is 5.75 Å². The molecule has 84 valence electrons. The van der Waals surface area contributed by atoms with Crippen molar-refractivity contribution in [3.63, 3.8) is 0 Å². The minimum atomic E-state index is -1.26. The van der Waals surface area contributed by atoms with Crippen molar-refractivity contribution in [3.8, 4) is 0 Å². The van der Waals surface area contributed by atoms with E-state index in [0.29, 0.717) is 0 Å². The Morgan fingerprint density at radius 1 is 1.14 bits per heavy atom. The first-order chi connectivity index (χ1) is 6.61. The third kappa shape index (κ3) is 2.39. The van der Waals surface area contributed by atoms with Gasteiger partial charge >= 0.3 is 0 Å². The molecule has 6 heteroatoms. The van der Waals surface area contributed by atoms with E-state index in [1.165, 1.54) is 11.8 Å². The van der Waals surface area contributed by atoms with Crippen LogP contribution in [0.25, 0.3) is 0 Å². The monoisotopic (exact) mass is 224 g/mol. The Labute approximate surface area is 86.7 Å². The van der Waals surface area contributed by atoms with Crippen LogP contribution < -0.4 is 0 Å². The molecule has 0 spiro atoms. The zero-order chi connectivity index (χ0) is 10.7. The average Bonchev–Trinajstić information content (AvgIpc) is 2.19. The van der Waals surface area contributed by atoms with Crippen LogP contribution in [0.5, 0.6) is 0 Å². The fourth-order valence-electron chi connectivity index (χ4n) is 1.37. The number of thioether (sulfide) groups is 1. The highest BCUT2D eigenvalue weighted by Crippen LogP contribution is 2.27. The van der Waals surface area contributed by atoms with Gasteiger partial charge in [0.05, 0.1) is 6.61 Å². The third-order valence-corrected chi connectivity index (χ3v) is 3.23. The molecule has 1 saturated heterocycles. The summed E-state index contributed by atoms with van der Waals surface area (Å²) in [5, 5.41) is 37.2. The lowest BCUT2D eigenvalue weighted by molar-refractivity contribution is -0.205. The van der Waals surface area contributed by atoms with E-state index in [0.717, 1.165) is 5.75 Å². The lowest BCUT2D eigenvalue weighted by atomic mass is 10.0. The van der Waals surface area contributed by atoms with E-state index in [1.54, 1.807) is 0 Å². The summed E-state index contributed by atoms with van der Waals surface area (Å²) in [6, 6.07) is 0. The van der Waals surface area contributed by atoms with Gasteiger partial charge in [-0.2, -0.15) is 0 Å². The van der Waals surface area contributed by atoms with Crippen molar-refractivity contribution in [2.75, 3.05) is 12.4 Å². The number of hydrogen-bond acceptors (Lipinski definition) is 6. The normalized spacial score (nSPS) is 43.9. The molecule has 0 unspecified atom stereocenters. The number of hydrogen-bond donors (Lipinski definition) is 4. The quantitative estimate of drug-likeness (QED) is 0.468. The maximum absolute atomic E-state index is 9.51. The first-order valence-electron chi connectivity index (χ1n) is 4.54. The van der Waals surface area contributed by atoms with Gasteiger partial charge in [0.15, 0.2) is 0 Å². The van der Waals surface area contributed by atoms with Crippen molar-refractivity contribution < 1.29 is 25.2 Å². The van der Waals surface area contributed by atoms with Crippen molar-refractivity contribution in [2.24, 2.45) is 0 Å². The minimum absolute atomic E-state index is 0.369. The Kier molecular flexibility index (Phi) is 4.62. The van der Waals surface area contributed by atoms with E-state index in [-0.39, 0.29) is 6.61 Å². The van der Waals surface area contributed by atoms with E-state index >= 15 is 0 Å². The van der Waals surface area contributed by atoms with E-state index < -0.39 is 29.9 Å². The van der Waals surface area contributed by atoms with Crippen molar-refractivity contribution in [2.45, 2.75) is 36.8 Å². The standard InChI is InChI=1S/C8H16O5S/c1-2-14-8-7(12)6(11)5(10)4(3-9)13-8/h4-12H,2-3H2,1H3/t4-,5+,6-,7+,8+/m1/s1. The fraction of sp³-hybridized carbons (Fsp3) is 1.00. The second kappa shape index (κ2) is 5.29. The second-order valence-corrected chi connectivity index (χ2v) is 4.53. The summed E-state index contributed by atoms with van der Waals surface area (Å²) in [7, 11) is 0. The SMILES string of the molecule is CCS[C@@H]1O[C@H](CO)[C@H](O)[C@@H](O)[C@@H]1O. The lowest BCUT2D eigenvalue weighted by Gasteiger charge is -2.39. The van der Waals surface area contributed by atoms with Crippen LogP contribution in [0.3, 0.4) is 0 Å². The average molecular weight is 224 g/mol.